The number of fused-ring (bicyclic) bond motifs is 1. The molecule has 31 heavy (non-hydrogen) atoms. The maximum absolute atomic E-state index is 12.8. The highest BCUT2D eigenvalue weighted by Gasteiger charge is 2.23. The monoisotopic (exact) mass is 433 g/mol. The number of carbonyl (C=O) groups is 1. The van der Waals surface area contributed by atoms with E-state index in [4.69, 9.17) is 14.2 Å². The van der Waals surface area contributed by atoms with Gasteiger partial charge < -0.3 is 24.2 Å². The Kier molecular flexibility index (Phi) is 7.17. The van der Waals surface area contributed by atoms with Gasteiger partial charge in [0.05, 0.1) is 23.4 Å². The van der Waals surface area contributed by atoms with Gasteiger partial charge >= 0.3 is 5.97 Å². The van der Waals surface area contributed by atoms with E-state index in [1.807, 2.05) is 0 Å². The van der Waals surface area contributed by atoms with Gasteiger partial charge in [-0.15, -0.1) is 0 Å². The van der Waals surface area contributed by atoms with Crippen LogP contribution in [0.5, 0.6) is 11.5 Å². The van der Waals surface area contributed by atoms with Gasteiger partial charge in [0.15, 0.2) is 18.2 Å². The minimum Gasteiger partial charge on any atom is -0.493 e. The first kappa shape index (κ1) is 23.0. The van der Waals surface area contributed by atoms with Gasteiger partial charge in [0.2, 0.25) is 0 Å². The quantitative estimate of drug-likeness (QED) is 0.629. The van der Waals surface area contributed by atoms with Gasteiger partial charge in [-0.2, -0.15) is 0 Å². The largest absolute Gasteiger partial charge is 0.493 e. The number of ether oxygens (including phenoxy) is 3. The van der Waals surface area contributed by atoms with Gasteiger partial charge in [-0.05, 0) is 52.8 Å². The third kappa shape index (κ3) is 5.74. The molecule has 2 aromatic rings. The maximum atomic E-state index is 12.8. The molecule has 0 radical (unpaired) electrons. The molecule has 1 aromatic heterocycles. The molecule has 170 valence electrons. The molecular formula is C22H31N3O6. The summed E-state index contributed by atoms with van der Waals surface area (Å²) in [4.78, 5) is 31.3. The summed E-state index contributed by atoms with van der Waals surface area (Å²) in [5.41, 5.74) is -0.596. The molecule has 3 rings (SSSR count). The smallest absolute Gasteiger partial charge is 0.312 e. The van der Waals surface area contributed by atoms with E-state index in [0.717, 1.165) is 25.9 Å². The number of aliphatic hydroxyl groups excluding tert-OH is 1. The molecule has 0 bridgehead atoms. The second-order valence-corrected chi connectivity index (χ2v) is 8.82. The van der Waals surface area contributed by atoms with Crippen LogP contribution in [0.3, 0.4) is 0 Å². The Morgan fingerprint density at radius 3 is 2.58 bits per heavy atom. The van der Waals surface area contributed by atoms with Gasteiger partial charge in [0.1, 0.15) is 19.0 Å². The van der Waals surface area contributed by atoms with Crippen molar-refractivity contribution < 1.29 is 24.1 Å². The minimum atomic E-state index is -0.664. The zero-order valence-corrected chi connectivity index (χ0v) is 18.6. The molecule has 0 saturated carbocycles. The van der Waals surface area contributed by atoms with Crippen molar-refractivity contribution in [3.63, 3.8) is 0 Å². The molecule has 9 nitrogen and oxygen atoms in total. The van der Waals surface area contributed by atoms with Crippen LogP contribution in [-0.4, -0.2) is 65.0 Å². The average molecular weight is 434 g/mol. The summed E-state index contributed by atoms with van der Waals surface area (Å²) in [6, 6.07) is 3.17. The summed E-state index contributed by atoms with van der Waals surface area (Å²) in [6.07, 6.45) is 3.02. The SMILES string of the molecule is COc1cc2c(=O)n(COC(=O)C(C)(C)C)cnc2cc1OCC(O)CN1CCCC1. The third-order valence-electron chi connectivity index (χ3n) is 5.16. The van der Waals surface area contributed by atoms with Crippen LogP contribution in [0.1, 0.15) is 33.6 Å². The molecule has 1 fully saturated rings. The number of β-amino-alcohol motifs (C(OH)–C–C–N with tert-alkyl or cyclic N) is 1. The number of hydrogen-bond acceptors (Lipinski definition) is 8. The first-order valence-electron chi connectivity index (χ1n) is 10.5. The predicted octanol–water partition coefficient (Wildman–Crippen LogP) is 1.79. The number of rotatable bonds is 8. The van der Waals surface area contributed by atoms with E-state index >= 15 is 0 Å². The number of esters is 1. The molecule has 9 heteroatoms. The van der Waals surface area contributed by atoms with E-state index in [1.165, 1.54) is 18.0 Å². The minimum absolute atomic E-state index is 0.109. The number of nitrogens with zero attached hydrogens (tertiary/aromatic N) is 3. The first-order valence-corrected chi connectivity index (χ1v) is 10.5. The molecule has 0 spiro atoms. The second-order valence-electron chi connectivity index (χ2n) is 8.82. The standard InChI is InChI=1S/C22H31N3O6/c1-22(2,3)21(28)31-14-25-13-23-17-10-19(18(29-4)9-16(17)20(25)27)30-12-15(26)11-24-7-5-6-8-24/h9-10,13,15,26H,5-8,11-12,14H2,1-4H3. The van der Waals surface area contributed by atoms with E-state index in [9.17, 15) is 14.7 Å². The molecule has 1 aliphatic rings. The topological polar surface area (TPSA) is 103 Å². The van der Waals surface area contributed by atoms with Crippen molar-refractivity contribution in [1.82, 2.24) is 14.5 Å². The average Bonchev–Trinajstić information content (AvgIpc) is 3.23. The van der Waals surface area contributed by atoms with Crippen LogP contribution in [0.25, 0.3) is 10.9 Å². The van der Waals surface area contributed by atoms with E-state index in [2.05, 4.69) is 9.88 Å². The Morgan fingerprint density at radius 2 is 1.94 bits per heavy atom. The molecule has 1 aliphatic heterocycles. The van der Waals surface area contributed by atoms with E-state index in [-0.39, 0.29) is 18.9 Å². The zero-order valence-electron chi connectivity index (χ0n) is 18.6. The Balaban J connectivity index is 1.74. The van der Waals surface area contributed by atoms with Crippen molar-refractivity contribution in [3.8, 4) is 11.5 Å². The van der Waals surface area contributed by atoms with Crippen molar-refractivity contribution in [3.05, 3.63) is 28.8 Å². The van der Waals surface area contributed by atoms with E-state index in [0.29, 0.717) is 28.9 Å². The maximum Gasteiger partial charge on any atom is 0.312 e. The summed E-state index contributed by atoms with van der Waals surface area (Å²) in [5.74, 6) is 0.358. The van der Waals surface area contributed by atoms with E-state index < -0.39 is 17.5 Å². The summed E-state index contributed by atoms with van der Waals surface area (Å²) >= 11 is 0. The normalized spacial score (nSPS) is 15.8. The number of methoxy groups -OCH3 is 1. The number of likely N-dealkylation sites (tertiary alicyclic amines) is 1. The highest BCUT2D eigenvalue weighted by molar-refractivity contribution is 5.81. The van der Waals surface area contributed by atoms with Gasteiger partial charge in [-0.3, -0.25) is 14.2 Å². The Morgan fingerprint density at radius 1 is 1.23 bits per heavy atom. The summed E-state index contributed by atoms with van der Waals surface area (Å²) in [6.45, 7) is 7.67. The van der Waals surface area contributed by atoms with Crippen LogP contribution in [0.4, 0.5) is 0 Å². The van der Waals surface area contributed by atoms with Crippen molar-refractivity contribution >= 4 is 16.9 Å². The molecule has 1 atom stereocenters. The molecule has 0 aliphatic carbocycles. The fraction of sp³-hybridized carbons (Fsp3) is 0.591. The van der Waals surface area contributed by atoms with Crippen molar-refractivity contribution in [2.75, 3.05) is 33.4 Å². The molecule has 1 saturated heterocycles. The lowest BCUT2D eigenvalue weighted by Gasteiger charge is -2.20. The molecule has 1 aromatic carbocycles. The summed E-state index contributed by atoms with van der Waals surface area (Å²) < 4.78 is 17.6. The number of aromatic nitrogens is 2. The molecule has 2 heterocycles. The fourth-order valence-electron chi connectivity index (χ4n) is 3.38. The van der Waals surface area contributed by atoms with Gasteiger partial charge in [0, 0.05) is 12.6 Å². The third-order valence-corrected chi connectivity index (χ3v) is 5.16. The second kappa shape index (κ2) is 9.65. The van der Waals surface area contributed by atoms with Crippen LogP contribution in [0.2, 0.25) is 0 Å². The first-order chi connectivity index (χ1) is 14.7. The van der Waals surface area contributed by atoms with Gasteiger partial charge in [-0.1, -0.05) is 0 Å². The lowest BCUT2D eigenvalue weighted by molar-refractivity contribution is -0.157. The van der Waals surface area contributed by atoms with Gasteiger partial charge in [-0.25, -0.2) is 4.98 Å². The molecular weight excluding hydrogens is 402 g/mol. The number of benzene rings is 1. The van der Waals surface area contributed by atoms with Crippen LogP contribution in [0.15, 0.2) is 23.3 Å². The van der Waals surface area contributed by atoms with Crippen molar-refractivity contribution in [2.45, 2.75) is 46.4 Å². The van der Waals surface area contributed by atoms with Crippen LogP contribution < -0.4 is 15.0 Å². The summed E-state index contributed by atoms with van der Waals surface area (Å²) in [5, 5.41) is 10.6. The number of carbonyl (C=O) groups excluding carboxylic acids is 1. The fourth-order valence-corrected chi connectivity index (χ4v) is 3.38. The Bertz CT molecular complexity index is 976. The van der Waals surface area contributed by atoms with E-state index in [1.54, 1.807) is 32.9 Å². The number of aliphatic hydroxyl groups is 1. The molecule has 1 N–H and O–H groups in total. The van der Waals surface area contributed by atoms with Crippen LogP contribution in [-0.2, 0) is 16.3 Å². The highest BCUT2D eigenvalue weighted by atomic mass is 16.5. The lowest BCUT2D eigenvalue weighted by Crippen LogP contribution is -2.33. The van der Waals surface area contributed by atoms with Crippen LogP contribution in [0, 0.1) is 5.41 Å². The molecule has 1 unspecified atom stereocenters. The lowest BCUT2D eigenvalue weighted by atomic mass is 9.98. The van der Waals surface area contributed by atoms with Crippen molar-refractivity contribution in [1.29, 1.82) is 0 Å². The van der Waals surface area contributed by atoms with Crippen molar-refractivity contribution in [2.24, 2.45) is 5.41 Å². The Hall–Kier alpha value is -2.65. The van der Waals surface area contributed by atoms with Gasteiger partial charge in [0.25, 0.3) is 5.56 Å². The zero-order chi connectivity index (χ0) is 22.6. The predicted molar refractivity (Wildman–Crippen MR) is 115 cm³/mol. The molecule has 0 amide bonds. The Labute approximate surface area is 181 Å². The highest BCUT2D eigenvalue weighted by Crippen LogP contribution is 2.30. The van der Waals surface area contributed by atoms with Crippen LogP contribution >= 0.6 is 0 Å². The summed E-state index contributed by atoms with van der Waals surface area (Å²) in [7, 11) is 1.48. The number of hydrogen-bond donors (Lipinski definition) is 1.